The van der Waals surface area contributed by atoms with E-state index in [1.165, 1.54) is 0 Å². The van der Waals surface area contributed by atoms with E-state index < -0.39 is 0 Å². The molecule has 0 aliphatic heterocycles. The van der Waals surface area contributed by atoms with Gasteiger partial charge in [0.05, 0.1) is 0 Å². The van der Waals surface area contributed by atoms with E-state index in [4.69, 9.17) is 5.53 Å². The first-order valence-corrected chi connectivity index (χ1v) is 4.82. The molecule has 0 aromatic carbocycles. The third-order valence-corrected chi connectivity index (χ3v) is 2.07. The van der Waals surface area contributed by atoms with Crippen LogP contribution in [-0.2, 0) is 4.79 Å². The fourth-order valence-corrected chi connectivity index (χ4v) is 1.38. The van der Waals surface area contributed by atoms with Crippen LogP contribution < -0.4 is 5.32 Å². The van der Waals surface area contributed by atoms with Crippen LogP contribution in [0.3, 0.4) is 0 Å². The maximum absolute atomic E-state index is 11.3. The Morgan fingerprint density at radius 2 is 2.57 bits per heavy atom. The fraction of sp³-hybridized carbons (Fsp3) is 0.667. The zero-order chi connectivity index (χ0) is 10.2. The lowest BCUT2D eigenvalue weighted by Crippen LogP contribution is -2.21. The molecular weight excluding hydrogens is 180 g/mol. The highest BCUT2D eigenvalue weighted by Crippen LogP contribution is 2.14. The molecule has 0 aromatic heterocycles. The van der Waals surface area contributed by atoms with E-state index in [2.05, 4.69) is 21.4 Å². The molecule has 0 saturated carbocycles. The normalized spacial score (nSPS) is 14.4. The van der Waals surface area contributed by atoms with Crippen molar-refractivity contribution in [3.63, 3.8) is 0 Å². The number of carbonyl (C=O) groups excluding carboxylic acids is 1. The van der Waals surface area contributed by atoms with Crippen molar-refractivity contribution in [3.05, 3.63) is 22.2 Å². The van der Waals surface area contributed by atoms with Gasteiger partial charge in [0.25, 0.3) is 0 Å². The quantitative estimate of drug-likeness (QED) is 0.310. The van der Waals surface area contributed by atoms with E-state index in [-0.39, 0.29) is 5.91 Å². The van der Waals surface area contributed by atoms with Crippen molar-refractivity contribution in [1.82, 2.24) is 5.32 Å². The summed E-state index contributed by atoms with van der Waals surface area (Å²) in [5.41, 5.74) is 9.05. The lowest BCUT2D eigenvalue weighted by atomic mass is 10.3. The predicted molar refractivity (Wildman–Crippen MR) is 53.3 cm³/mol. The van der Waals surface area contributed by atoms with Crippen LogP contribution in [0.15, 0.2) is 16.9 Å². The molecular formula is C9H14N4O. The Morgan fingerprint density at radius 3 is 3.21 bits per heavy atom. The number of amides is 1. The molecule has 5 nitrogen and oxygen atoms in total. The summed E-state index contributed by atoms with van der Waals surface area (Å²) in [6.07, 6.45) is 6.27. The Bertz CT molecular complexity index is 279. The van der Waals surface area contributed by atoms with Gasteiger partial charge in [0, 0.05) is 23.6 Å². The van der Waals surface area contributed by atoms with Crippen molar-refractivity contribution in [2.75, 3.05) is 6.54 Å². The van der Waals surface area contributed by atoms with Crippen molar-refractivity contribution in [3.8, 4) is 0 Å². The van der Waals surface area contributed by atoms with E-state index in [1.807, 2.05) is 0 Å². The van der Waals surface area contributed by atoms with Crippen LogP contribution >= 0.6 is 0 Å². The Labute approximate surface area is 82.8 Å². The van der Waals surface area contributed by atoms with Crippen LogP contribution in [0.4, 0.5) is 0 Å². The zero-order valence-electron chi connectivity index (χ0n) is 8.07. The van der Waals surface area contributed by atoms with Crippen molar-refractivity contribution in [2.45, 2.75) is 32.1 Å². The number of nitrogens with one attached hydrogen (secondary N) is 1. The molecule has 1 aliphatic carbocycles. The van der Waals surface area contributed by atoms with Crippen LogP contribution in [0, 0.1) is 0 Å². The highest BCUT2D eigenvalue weighted by atomic mass is 16.1. The topological polar surface area (TPSA) is 77.9 Å². The molecule has 1 aliphatic rings. The third-order valence-electron chi connectivity index (χ3n) is 2.07. The number of hydrogen-bond acceptors (Lipinski definition) is 2. The van der Waals surface area contributed by atoms with E-state index in [1.54, 1.807) is 0 Å². The number of nitrogens with zero attached hydrogens (tertiary/aromatic N) is 3. The second-order valence-corrected chi connectivity index (χ2v) is 3.23. The smallest absolute Gasteiger partial charge is 0.224 e. The van der Waals surface area contributed by atoms with Crippen LogP contribution in [-0.4, -0.2) is 12.5 Å². The summed E-state index contributed by atoms with van der Waals surface area (Å²) in [7, 11) is 0. The minimum atomic E-state index is 0.0197. The number of hydrogen-bond donors (Lipinski definition) is 1. The summed E-state index contributed by atoms with van der Waals surface area (Å²) in [6, 6.07) is 0. The lowest BCUT2D eigenvalue weighted by molar-refractivity contribution is -0.120. The van der Waals surface area contributed by atoms with Gasteiger partial charge in [-0.1, -0.05) is 11.2 Å². The van der Waals surface area contributed by atoms with E-state index in [0.717, 1.165) is 25.0 Å². The molecule has 0 atom stereocenters. The molecule has 0 fully saturated rings. The van der Waals surface area contributed by atoms with Crippen LogP contribution in [0.5, 0.6) is 0 Å². The van der Waals surface area contributed by atoms with Crippen molar-refractivity contribution in [1.29, 1.82) is 0 Å². The van der Waals surface area contributed by atoms with Gasteiger partial charge < -0.3 is 5.32 Å². The molecule has 0 spiro atoms. The Morgan fingerprint density at radius 1 is 1.71 bits per heavy atom. The molecule has 0 saturated heterocycles. The molecule has 1 amide bonds. The second-order valence-electron chi connectivity index (χ2n) is 3.23. The SMILES string of the molecule is [N-]=[N+]=NCCCC(=O)NC1=CCCC1. The minimum absolute atomic E-state index is 0.0197. The lowest BCUT2D eigenvalue weighted by Gasteiger charge is -2.04. The highest BCUT2D eigenvalue weighted by Gasteiger charge is 2.07. The first-order valence-electron chi connectivity index (χ1n) is 4.82. The van der Waals surface area contributed by atoms with Crippen LogP contribution in [0.1, 0.15) is 32.1 Å². The Hall–Kier alpha value is -1.48. The number of rotatable bonds is 5. The van der Waals surface area contributed by atoms with E-state index in [9.17, 15) is 4.79 Å². The van der Waals surface area contributed by atoms with Crippen molar-refractivity contribution >= 4 is 5.91 Å². The van der Waals surface area contributed by atoms with Gasteiger partial charge in [0.15, 0.2) is 0 Å². The maximum Gasteiger partial charge on any atom is 0.224 e. The standard InChI is InChI=1S/C9H14N4O/c10-13-11-7-3-6-9(14)12-8-4-1-2-5-8/h4H,1-3,5-7H2,(H,12,14). The molecule has 0 heterocycles. The molecule has 1 N–H and O–H groups in total. The van der Waals surface area contributed by atoms with Crippen LogP contribution in [0.2, 0.25) is 0 Å². The van der Waals surface area contributed by atoms with Gasteiger partial charge in [0.2, 0.25) is 5.91 Å². The van der Waals surface area contributed by atoms with Crippen molar-refractivity contribution in [2.24, 2.45) is 5.11 Å². The van der Waals surface area contributed by atoms with Crippen LogP contribution in [0.25, 0.3) is 10.4 Å². The summed E-state index contributed by atoms with van der Waals surface area (Å²) in [6.45, 7) is 0.392. The first kappa shape index (κ1) is 10.6. The molecule has 14 heavy (non-hydrogen) atoms. The van der Waals surface area contributed by atoms with Gasteiger partial charge in [-0.3, -0.25) is 4.79 Å². The maximum atomic E-state index is 11.3. The summed E-state index contributed by atoms with van der Waals surface area (Å²) in [5.74, 6) is 0.0197. The van der Waals surface area contributed by atoms with E-state index >= 15 is 0 Å². The van der Waals surface area contributed by atoms with Gasteiger partial charge in [0.1, 0.15) is 0 Å². The minimum Gasteiger partial charge on any atom is -0.330 e. The monoisotopic (exact) mass is 194 g/mol. The molecule has 0 bridgehead atoms. The van der Waals surface area contributed by atoms with Gasteiger partial charge in [-0.2, -0.15) is 0 Å². The average Bonchev–Trinajstić information content (AvgIpc) is 2.65. The van der Waals surface area contributed by atoms with Crippen molar-refractivity contribution < 1.29 is 4.79 Å². The van der Waals surface area contributed by atoms with E-state index in [0.29, 0.717) is 19.4 Å². The zero-order valence-corrected chi connectivity index (χ0v) is 8.07. The molecule has 0 unspecified atom stereocenters. The third kappa shape index (κ3) is 3.96. The molecule has 1 rings (SSSR count). The first-order chi connectivity index (χ1) is 6.83. The average molecular weight is 194 g/mol. The summed E-state index contributed by atoms with van der Waals surface area (Å²) in [5, 5.41) is 6.20. The molecule has 76 valence electrons. The Kier molecular flexibility index (Phi) is 4.58. The number of allylic oxidation sites excluding steroid dienone is 2. The van der Waals surface area contributed by atoms with Gasteiger partial charge in [-0.15, -0.1) is 0 Å². The van der Waals surface area contributed by atoms with Gasteiger partial charge >= 0.3 is 0 Å². The second kappa shape index (κ2) is 6.05. The summed E-state index contributed by atoms with van der Waals surface area (Å²) >= 11 is 0. The molecule has 5 heteroatoms. The number of azide groups is 1. The summed E-state index contributed by atoms with van der Waals surface area (Å²) < 4.78 is 0. The fourth-order valence-electron chi connectivity index (χ4n) is 1.38. The summed E-state index contributed by atoms with van der Waals surface area (Å²) in [4.78, 5) is 13.9. The molecule has 0 aromatic rings. The predicted octanol–water partition coefficient (Wildman–Crippen LogP) is 2.26. The Balaban J connectivity index is 2.12. The number of carbonyl (C=O) groups is 1. The van der Waals surface area contributed by atoms with Gasteiger partial charge in [-0.05, 0) is 31.2 Å². The largest absolute Gasteiger partial charge is 0.330 e. The van der Waals surface area contributed by atoms with Gasteiger partial charge in [-0.25, -0.2) is 0 Å². The molecule has 0 radical (unpaired) electrons. The highest BCUT2D eigenvalue weighted by molar-refractivity contribution is 5.77.